The lowest BCUT2D eigenvalue weighted by atomic mass is 10.1. The molecule has 1 atom stereocenters. The third-order valence-corrected chi connectivity index (χ3v) is 4.22. The number of anilines is 1. The zero-order valence-electron chi connectivity index (χ0n) is 13.7. The van der Waals surface area contributed by atoms with Crippen molar-refractivity contribution in [1.29, 1.82) is 0 Å². The molecular formula is C17H22FN5O. The first-order valence-corrected chi connectivity index (χ1v) is 8.09. The quantitative estimate of drug-likeness (QED) is 0.879. The molecule has 1 aliphatic rings. The van der Waals surface area contributed by atoms with Crippen LogP contribution in [0.15, 0.2) is 36.8 Å². The molecule has 1 unspecified atom stereocenters. The molecule has 2 heterocycles. The van der Waals surface area contributed by atoms with Crippen molar-refractivity contribution < 1.29 is 9.18 Å². The first-order chi connectivity index (χ1) is 11.6. The van der Waals surface area contributed by atoms with Gasteiger partial charge in [-0.2, -0.15) is 0 Å². The number of aromatic nitrogens is 2. The van der Waals surface area contributed by atoms with E-state index >= 15 is 0 Å². The van der Waals surface area contributed by atoms with Gasteiger partial charge in [-0.05, 0) is 36.6 Å². The van der Waals surface area contributed by atoms with Gasteiger partial charge in [-0.1, -0.05) is 0 Å². The van der Waals surface area contributed by atoms with Gasteiger partial charge in [0.2, 0.25) is 0 Å². The minimum Gasteiger partial charge on any atom is -0.371 e. The van der Waals surface area contributed by atoms with Crippen LogP contribution in [0.25, 0.3) is 0 Å². The Hall–Kier alpha value is -2.57. The fourth-order valence-corrected chi connectivity index (χ4v) is 2.91. The van der Waals surface area contributed by atoms with Crippen LogP contribution in [0.2, 0.25) is 0 Å². The van der Waals surface area contributed by atoms with E-state index in [2.05, 4.69) is 20.5 Å². The van der Waals surface area contributed by atoms with Crippen molar-refractivity contribution >= 4 is 11.7 Å². The highest BCUT2D eigenvalue weighted by molar-refractivity contribution is 5.73. The van der Waals surface area contributed by atoms with E-state index in [1.54, 1.807) is 18.5 Å². The van der Waals surface area contributed by atoms with Crippen molar-refractivity contribution in [3.63, 3.8) is 0 Å². The molecule has 0 bridgehead atoms. The van der Waals surface area contributed by atoms with Crippen molar-refractivity contribution in [2.24, 2.45) is 13.0 Å². The molecule has 0 spiro atoms. The smallest absolute Gasteiger partial charge is 0.315 e. The number of urea groups is 1. The van der Waals surface area contributed by atoms with Crippen molar-refractivity contribution in [2.75, 3.05) is 24.5 Å². The molecule has 2 aromatic rings. The topological polar surface area (TPSA) is 62.2 Å². The highest BCUT2D eigenvalue weighted by Gasteiger charge is 2.23. The Morgan fingerprint density at radius 2 is 2.12 bits per heavy atom. The second-order valence-electron chi connectivity index (χ2n) is 6.17. The van der Waals surface area contributed by atoms with Crippen LogP contribution in [0, 0.1) is 11.7 Å². The number of nitrogens with one attached hydrogen (secondary N) is 2. The third kappa shape index (κ3) is 4.24. The van der Waals surface area contributed by atoms with Gasteiger partial charge < -0.3 is 20.1 Å². The molecule has 1 fully saturated rings. The van der Waals surface area contributed by atoms with Gasteiger partial charge in [-0.3, -0.25) is 0 Å². The van der Waals surface area contributed by atoms with E-state index in [1.165, 1.54) is 12.1 Å². The number of benzene rings is 1. The van der Waals surface area contributed by atoms with Crippen LogP contribution >= 0.6 is 0 Å². The van der Waals surface area contributed by atoms with Crippen LogP contribution in [-0.2, 0) is 13.6 Å². The Morgan fingerprint density at radius 1 is 1.33 bits per heavy atom. The summed E-state index contributed by atoms with van der Waals surface area (Å²) in [5, 5.41) is 5.72. The van der Waals surface area contributed by atoms with E-state index in [1.807, 2.05) is 17.8 Å². The predicted octanol–water partition coefficient (Wildman–Crippen LogP) is 1.88. The van der Waals surface area contributed by atoms with Gasteiger partial charge in [0.15, 0.2) is 0 Å². The van der Waals surface area contributed by atoms with Crippen molar-refractivity contribution in [3.8, 4) is 0 Å². The number of hydrogen-bond donors (Lipinski definition) is 2. The summed E-state index contributed by atoms with van der Waals surface area (Å²) in [6.45, 7) is 2.84. The number of carbonyl (C=O) groups is 1. The van der Waals surface area contributed by atoms with Crippen LogP contribution in [0.1, 0.15) is 12.1 Å². The number of hydrogen-bond acceptors (Lipinski definition) is 3. The molecule has 1 saturated heterocycles. The minimum absolute atomic E-state index is 0.180. The molecule has 2 amide bonds. The van der Waals surface area contributed by atoms with Crippen LogP contribution in [0.5, 0.6) is 0 Å². The second kappa shape index (κ2) is 7.33. The first kappa shape index (κ1) is 16.3. The van der Waals surface area contributed by atoms with Crippen LogP contribution in [0.3, 0.4) is 0 Å². The molecule has 0 aliphatic carbocycles. The van der Waals surface area contributed by atoms with E-state index < -0.39 is 0 Å². The average molecular weight is 331 g/mol. The summed E-state index contributed by atoms with van der Waals surface area (Å²) in [6.07, 6.45) is 4.59. The number of imidazole rings is 1. The van der Waals surface area contributed by atoms with Gasteiger partial charge >= 0.3 is 6.03 Å². The summed E-state index contributed by atoms with van der Waals surface area (Å²) < 4.78 is 14.8. The normalized spacial score (nSPS) is 17.1. The van der Waals surface area contributed by atoms with Crippen molar-refractivity contribution in [1.82, 2.24) is 20.2 Å². The maximum Gasteiger partial charge on any atom is 0.315 e. The maximum absolute atomic E-state index is 13.0. The summed E-state index contributed by atoms with van der Waals surface area (Å²) >= 11 is 0. The van der Waals surface area contributed by atoms with Gasteiger partial charge in [-0.15, -0.1) is 0 Å². The zero-order valence-corrected chi connectivity index (χ0v) is 13.7. The first-order valence-electron chi connectivity index (χ1n) is 8.09. The van der Waals surface area contributed by atoms with E-state index in [-0.39, 0.29) is 11.8 Å². The summed E-state index contributed by atoms with van der Waals surface area (Å²) in [4.78, 5) is 18.2. The number of rotatable bonds is 5. The minimum atomic E-state index is -0.222. The lowest BCUT2D eigenvalue weighted by Crippen LogP contribution is -2.38. The lowest BCUT2D eigenvalue weighted by Gasteiger charge is -2.18. The summed E-state index contributed by atoms with van der Waals surface area (Å²) in [5.74, 6) is 0.177. The summed E-state index contributed by atoms with van der Waals surface area (Å²) in [5.41, 5.74) is 1.86. The van der Waals surface area contributed by atoms with E-state index in [0.717, 1.165) is 30.9 Å². The third-order valence-electron chi connectivity index (χ3n) is 4.22. The molecule has 0 radical (unpaired) electrons. The number of amides is 2. The van der Waals surface area contributed by atoms with Gasteiger partial charge in [0, 0.05) is 38.6 Å². The molecule has 2 N–H and O–H groups in total. The molecule has 128 valence electrons. The molecule has 1 aromatic carbocycles. The monoisotopic (exact) mass is 331 g/mol. The number of aryl methyl sites for hydroxylation is 1. The highest BCUT2D eigenvalue weighted by Crippen LogP contribution is 2.23. The fourth-order valence-electron chi connectivity index (χ4n) is 2.91. The molecule has 24 heavy (non-hydrogen) atoms. The standard InChI is InChI=1S/C17H22FN5O/c1-22-11-15(21-12-22)9-20-17(24)19-8-13-6-7-23(10-13)16-4-2-14(18)3-5-16/h2-5,11-13H,6-10H2,1H3,(H2,19,20,24). The molecule has 1 aliphatic heterocycles. The molecule has 6 nitrogen and oxygen atoms in total. The Kier molecular flexibility index (Phi) is 4.98. The van der Waals surface area contributed by atoms with E-state index in [9.17, 15) is 9.18 Å². The average Bonchev–Trinajstić information content (AvgIpc) is 3.21. The second-order valence-corrected chi connectivity index (χ2v) is 6.17. The van der Waals surface area contributed by atoms with Crippen molar-refractivity contribution in [2.45, 2.75) is 13.0 Å². The fraction of sp³-hybridized carbons (Fsp3) is 0.412. The molecule has 1 aromatic heterocycles. The van der Waals surface area contributed by atoms with Crippen LogP contribution < -0.4 is 15.5 Å². The zero-order chi connectivity index (χ0) is 16.9. The SMILES string of the molecule is Cn1cnc(CNC(=O)NCC2CCN(c3ccc(F)cc3)C2)c1. The predicted molar refractivity (Wildman–Crippen MR) is 90.2 cm³/mol. The molecule has 7 heteroatoms. The maximum atomic E-state index is 13.0. The molecule has 0 saturated carbocycles. The molecular weight excluding hydrogens is 309 g/mol. The van der Waals surface area contributed by atoms with Gasteiger partial charge in [0.25, 0.3) is 0 Å². The Bertz CT molecular complexity index is 685. The lowest BCUT2D eigenvalue weighted by molar-refractivity contribution is 0.239. The van der Waals surface area contributed by atoms with E-state index in [0.29, 0.717) is 19.0 Å². The largest absolute Gasteiger partial charge is 0.371 e. The van der Waals surface area contributed by atoms with Crippen LogP contribution in [0.4, 0.5) is 14.9 Å². The Morgan fingerprint density at radius 3 is 2.83 bits per heavy atom. The van der Waals surface area contributed by atoms with Crippen molar-refractivity contribution in [3.05, 3.63) is 48.3 Å². The Balaban J connectivity index is 1.39. The van der Waals surface area contributed by atoms with Gasteiger partial charge in [0.1, 0.15) is 5.82 Å². The Labute approximate surface area is 140 Å². The number of halogens is 1. The highest BCUT2D eigenvalue weighted by atomic mass is 19.1. The van der Waals surface area contributed by atoms with E-state index in [4.69, 9.17) is 0 Å². The van der Waals surface area contributed by atoms with Gasteiger partial charge in [0.05, 0.1) is 18.6 Å². The molecule has 3 rings (SSSR count). The number of nitrogens with zero attached hydrogens (tertiary/aromatic N) is 3. The van der Waals surface area contributed by atoms with Gasteiger partial charge in [-0.25, -0.2) is 14.2 Å². The number of carbonyl (C=O) groups excluding carboxylic acids is 1. The summed E-state index contributed by atoms with van der Waals surface area (Å²) in [6, 6.07) is 6.37. The van der Waals surface area contributed by atoms with Crippen LogP contribution in [-0.4, -0.2) is 35.2 Å². The summed E-state index contributed by atoms with van der Waals surface area (Å²) in [7, 11) is 1.89.